The Bertz CT molecular complexity index is 690. The van der Waals surface area contributed by atoms with E-state index in [2.05, 4.69) is 41.2 Å². The number of hydrogen-bond acceptors (Lipinski definition) is 2. The van der Waals surface area contributed by atoms with E-state index in [9.17, 15) is 0 Å². The van der Waals surface area contributed by atoms with E-state index in [1.807, 2.05) is 42.6 Å². The average molecular weight is 246 g/mol. The second-order valence-corrected chi connectivity index (χ2v) is 4.50. The van der Waals surface area contributed by atoms with E-state index in [0.717, 1.165) is 22.6 Å². The van der Waals surface area contributed by atoms with Crippen molar-refractivity contribution in [3.63, 3.8) is 0 Å². The monoisotopic (exact) mass is 246 g/mol. The van der Waals surface area contributed by atoms with Gasteiger partial charge in [0.05, 0.1) is 5.69 Å². The molecule has 0 N–H and O–H groups in total. The molecule has 3 aromatic rings. The summed E-state index contributed by atoms with van der Waals surface area (Å²) in [5, 5.41) is 0. The average Bonchev–Trinajstić information content (AvgIpc) is 2.48. The van der Waals surface area contributed by atoms with Gasteiger partial charge in [-0.15, -0.1) is 0 Å². The van der Waals surface area contributed by atoms with Gasteiger partial charge in [0.25, 0.3) is 0 Å². The molecule has 0 atom stereocenters. The quantitative estimate of drug-likeness (QED) is 0.679. The van der Waals surface area contributed by atoms with Gasteiger partial charge < -0.3 is 0 Å². The molecule has 3 rings (SSSR count). The van der Waals surface area contributed by atoms with Gasteiger partial charge in [0.1, 0.15) is 0 Å². The molecule has 2 heteroatoms. The summed E-state index contributed by atoms with van der Waals surface area (Å²) in [4.78, 5) is 8.99. The lowest BCUT2D eigenvalue weighted by Gasteiger charge is -2.04. The van der Waals surface area contributed by atoms with Crippen LogP contribution in [0.5, 0.6) is 0 Å². The predicted octanol–water partition coefficient (Wildman–Crippen LogP) is 4.12. The highest BCUT2D eigenvalue weighted by molar-refractivity contribution is 5.63. The van der Waals surface area contributed by atoms with Gasteiger partial charge in [-0.1, -0.05) is 54.1 Å². The zero-order chi connectivity index (χ0) is 13.1. The molecular formula is C17H14N2. The molecule has 0 bridgehead atoms. The van der Waals surface area contributed by atoms with Crippen molar-refractivity contribution in [3.05, 3.63) is 72.4 Å². The summed E-state index contributed by atoms with van der Waals surface area (Å²) in [5.41, 5.74) is 4.35. The van der Waals surface area contributed by atoms with Gasteiger partial charge >= 0.3 is 0 Å². The smallest absolute Gasteiger partial charge is 0.159 e. The van der Waals surface area contributed by atoms with E-state index in [-0.39, 0.29) is 0 Å². The Balaban J connectivity index is 2.06. The van der Waals surface area contributed by atoms with Crippen LogP contribution < -0.4 is 0 Å². The molecule has 0 saturated carbocycles. The lowest BCUT2D eigenvalue weighted by molar-refractivity contribution is 1.18. The van der Waals surface area contributed by atoms with Crippen molar-refractivity contribution in [1.82, 2.24) is 9.97 Å². The van der Waals surface area contributed by atoms with Crippen molar-refractivity contribution >= 4 is 0 Å². The maximum Gasteiger partial charge on any atom is 0.159 e. The number of aromatic nitrogens is 2. The zero-order valence-corrected chi connectivity index (χ0v) is 10.7. The van der Waals surface area contributed by atoms with Gasteiger partial charge in [0.15, 0.2) is 5.82 Å². The van der Waals surface area contributed by atoms with E-state index in [1.54, 1.807) is 0 Å². The van der Waals surface area contributed by atoms with E-state index < -0.39 is 0 Å². The highest BCUT2D eigenvalue weighted by Crippen LogP contribution is 2.21. The Kier molecular flexibility index (Phi) is 3.07. The van der Waals surface area contributed by atoms with Crippen molar-refractivity contribution in [3.8, 4) is 22.6 Å². The molecule has 0 saturated heterocycles. The lowest BCUT2D eigenvalue weighted by atomic mass is 10.1. The molecular weight excluding hydrogens is 232 g/mol. The Morgan fingerprint density at radius 3 is 2.37 bits per heavy atom. The van der Waals surface area contributed by atoms with Crippen LogP contribution in [0.25, 0.3) is 22.6 Å². The first-order chi connectivity index (χ1) is 9.33. The summed E-state index contributed by atoms with van der Waals surface area (Å²) < 4.78 is 0. The zero-order valence-electron chi connectivity index (χ0n) is 10.7. The largest absolute Gasteiger partial charge is 0.237 e. The summed E-state index contributed by atoms with van der Waals surface area (Å²) in [6.07, 6.45) is 1.81. The molecule has 0 radical (unpaired) electrons. The van der Waals surface area contributed by atoms with E-state index in [0.29, 0.717) is 0 Å². The summed E-state index contributed by atoms with van der Waals surface area (Å²) in [6, 6.07) is 20.3. The Morgan fingerprint density at radius 2 is 1.58 bits per heavy atom. The third-order valence-electron chi connectivity index (χ3n) is 3.00. The third kappa shape index (κ3) is 2.52. The van der Waals surface area contributed by atoms with Crippen LogP contribution in [0, 0.1) is 6.92 Å². The SMILES string of the molecule is Cc1cccc(-c2ccnc(-c3ccccc3)n2)c1. The predicted molar refractivity (Wildman–Crippen MR) is 77.6 cm³/mol. The molecule has 0 spiro atoms. The van der Waals surface area contributed by atoms with Crippen molar-refractivity contribution in [1.29, 1.82) is 0 Å². The second-order valence-electron chi connectivity index (χ2n) is 4.50. The van der Waals surface area contributed by atoms with Crippen LogP contribution >= 0.6 is 0 Å². The van der Waals surface area contributed by atoms with Gasteiger partial charge in [0.2, 0.25) is 0 Å². The van der Waals surface area contributed by atoms with E-state index in [4.69, 9.17) is 0 Å². The molecule has 0 unspecified atom stereocenters. The van der Waals surface area contributed by atoms with Gasteiger partial charge in [-0.3, -0.25) is 0 Å². The highest BCUT2D eigenvalue weighted by atomic mass is 14.9. The first-order valence-corrected chi connectivity index (χ1v) is 6.28. The summed E-state index contributed by atoms with van der Waals surface area (Å²) in [6.45, 7) is 2.09. The van der Waals surface area contributed by atoms with Gasteiger partial charge in [-0.2, -0.15) is 0 Å². The van der Waals surface area contributed by atoms with Gasteiger partial charge in [-0.05, 0) is 19.1 Å². The number of rotatable bonds is 2. The minimum absolute atomic E-state index is 0.764. The standard InChI is InChI=1S/C17H14N2/c1-13-6-5-9-15(12-13)16-10-11-18-17(19-16)14-7-3-2-4-8-14/h2-12H,1H3. The Hall–Kier alpha value is -2.48. The molecule has 0 fully saturated rings. The number of nitrogens with zero attached hydrogens (tertiary/aromatic N) is 2. The van der Waals surface area contributed by atoms with Crippen molar-refractivity contribution in [2.24, 2.45) is 0 Å². The van der Waals surface area contributed by atoms with Crippen molar-refractivity contribution in [2.45, 2.75) is 6.92 Å². The molecule has 0 aliphatic rings. The Labute approximate surface area is 112 Å². The molecule has 19 heavy (non-hydrogen) atoms. The minimum Gasteiger partial charge on any atom is -0.237 e. The molecule has 2 aromatic carbocycles. The Morgan fingerprint density at radius 1 is 0.789 bits per heavy atom. The maximum atomic E-state index is 4.64. The second kappa shape index (κ2) is 5.02. The molecule has 0 aliphatic heterocycles. The normalized spacial score (nSPS) is 10.4. The molecule has 0 amide bonds. The fourth-order valence-electron chi connectivity index (χ4n) is 2.05. The molecule has 0 aliphatic carbocycles. The molecule has 2 nitrogen and oxygen atoms in total. The first kappa shape index (κ1) is 11.6. The lowest BCUT2D eigenvalue weighted by Crippen LogP contribution is -1.91. The summed E-state index contributed by atoms with van der Waals surface area (Å²) >= 11 is 0. The highest BCUT2D eigenvalue weighted by Gasteiger charge is 2.04. The molecule has 1 aromatic heterocycles. The van der Waals surface area contributed by atoms with Crippen molar-refractivity contribution < 1.29 is 0 Å². The van der Waals surface area contributed by atoms with Crippen LogP contribution in [0.4, 0.5) is 0 Å². The fourth-order valence-corrected chi connectivity index (χ4v) is 2.05. The van der Waals surface area contributed by atoms with Gasteiger partial charge in [-0.25, -0.2) is 9.97 Å². The third-order valence-corrected chi connectivity index (χ3v) is 3.00. The van der Waals surface area contributed by atoms with E-state index >= 15 is 0 Å². The van der Waals surface area contributed by atoms with Crippen LogP contribution in [-0.2, 0) is 0 Å². The fraction of sp³-hybridized carbons (Fsp3) is 0.0588. The topological polar surface area (TPSA) is 25.8 Å². The van der Waals surface area contributed by atoms with Crippen LogP contribution in [0.15, 0.2) is 66.9 Å². The van der Waals surface area contributed by atoms with Gasteiger partial charge in [0, 0.05) is 17.3 Å². The van der Waals surface area contributed by atoms with E-state index in [1.165, 1.54) is 5.56 Å². The number of aryl methyl sites for hydroxylation is 1. The maximum absolute atomic E-state index is 4.64. The number of benzene rings is 2. The summed E-state index contributed by atoms with van der Waals surface area (Å²) in [5.74, 6) is 0.764. The van der Waals surface area contributed by atoms with Crippen LogP contribution in [0.3, 0.4) is 0 Å². The van der Waals surface area contributed by atoms with Crippen LogP contribution in [-0.4, -0.2) is 9.97 Å². The number of hydrogen-bond donors (Lipinski definition) is 0. The molecule has 92 valence electrons. The van der Waals surface area contributed by atoms with Crippen molar-refractivity contribution in [2.75, 3.05) is 0 Å². The van der Waals surface area contributed by atoms with Crippen LogP contribution in [0.1, 0.15) is 5.56 Å². The molecule has 1 heterocycles. The summed E-state index contributed by atoms with van der Waals surface area (Å²) in [7, 11) is 0. The van der Waals surface area contributed by atoms with Crippen LogP contribution in [0.2, 0.25) is 0 Å². The minimum atomic E-state index is 0.764. The first-order valence-electron chi connectivity index (χ1n) is 6.28.